The summed E-state index contributed by atoms with van der Waals surface area (Å²) in [6.45, 7) is 8.66. The molecule has 0 aromatic heterocycles. The first-order chi connectivity index (χ1) is 14.9. The normalized spacial score (nSPS) is 17.9. The third kappa shape index (κ3) is 5.35. The van der Waals surface area contributed by atoms with Gasteiger partial charge in [0.05, 0.1) is 0 Å². The van der Waals surface area contributed by atoms with E-state index < -0.39 is 30.0 Å². The maximum atomic E-state index is 14.8. The molecule has 31 heavy (non-hydrogen) atoms. The molecule has 1 aliphatic heterocycles. The number of fused-ring (bicyclic) bond motifs is 1. The summed E-state index contributed by atoms with van der Waals surface area (Å²) in [5, 5.41) is 0.370. The fraction of sp³-hybridized carbons (Fsp3) is 0.538. The molecule has 2 nitrogen and oxygen atoms in total. The molecule has 1 unspecified atom stereocenters. The van der Waals surface area contributed by atoms with Crippen LogP contribution in [-0.2, 0) is 5.79 Å². The number of para-hydroxylation sites is 1. The molecule has 0 radical (unpaired) electrons. The van der Waals surface area contributed by atoms with Crippen molar-refractivity contribution in [3.8, 4) is 11.5 Å². The molecule has 0 aliphatic carbocycles. The molecule has 170 valence electrons. The van der Waals surface area contributed by atoms with Crippen LogP contribution in [0.5, 0.6) is 11.5 Å². The summed E-state index contributed by atoms with van der Waals surface area (Å²) in [5.74, 6) is 0.0470. The average molecular weight is 554 g/mol. The Hall–Kier alpha value is -0.941. The minimum atomic E-state index is -2.75. The fourth-order valence-electron chi connectivity index (χ4n) is 4.84. The number of hydrogen-bond acceptors (Lipinski definition) is 2. The van der Waals surface area contributed by atoms with Crippen LogP contribution in [0.25, 0.3) is 0 Å². The summed E-state index contributed by atoms with van der Waals surface area (Å²) in [4.78, 5) is 0. The van der Waals surface area contributed by atoms with E-state index in [2.05, 4.69) is 32.9 Å². The van der Waals surface area contributed by atoms with Gasteiger partial charge >= 0.3 is 197 Å². The zero-order valence-corrected chi connectivity index (χ0v) is 23.0. The predicted molar refractivity (Wildman–Crippen MR) is 131 cm³/mol. The van der Waals surface area contributed by atoms with Crippen LogP contribution in [0, 0.1) is 5.82 Å². The zero-order valence-electron chi connectivity index (χ0n) is 19.4. The third-order valence-electron chi connectivity index (χ3n) is 6.60. The van der Waals surface area contributed by atoms with Gasteiger partial charge in [-0.15, -0.1) is 0 Å². The molecule has 0 fully saturated rings. The van der Waals surface area contributed by atoms with Crippen molar-refractivity contribution in [3.63, 3.8) is 0 Å². The molecule has 0 amide bonds. The Bertz CT molecular complexity index is 866. The molecule has 0 N–H and O–H groups in total. The minimum absolute atomic E-state index is 0.370. The fourth-order valence-corrected chi connectivity index (χ4v) is 21.4. The molecule has 0 saturated carbocycles. The van der Waals surface area contributed by atoms with Gasteiger partial charge in [0, 0.05) is 0 Å². The van der Waals surface area contributed by atoms with Gasteiger partial charge in [0.1, 0.15) is 0 Å². The van der Waals surface area contributed by atoms with Crippen LogP contribution >= 0.6 is 11.6 Å². The van der Waals surface area contributed by atoms with Crippen molar-refractivity contribution in [2.24, 2.45) is 0 Å². The zero-order chi connectivity index (χ0) is 22.5. The van der Waals surface area contributed by atoms with E-state index in [1.54, 1.807) is 12.1 Å². The van der Waals surface area contributed by atoms with E-state index in [4.69, 9.17) is 21.1 Å². The van der Waals surface area contributed by atoms with Crippen molar-refractivity contribution >= 4 is 33.6 Å². The van der Waals surface area contributed by atoms with Crippen molar-refractivity contribution < 1.29 is 13.9 Å². The van der Waals surface area contributed by atoms with Crippen LogP contribution in [0.1, 0.15) is 71.8 Å². The summed E-state index contributed by atoms with van der Waals surface area (Å²) in [6.07, 6.45) is 7.48. The van der Waals surface area contributed by atoms with E-state index in [0.29, 0.717) is 10.6 Å². The second-order valence-electron chi connectivity index (χ2n) is 9.00. The Balaban J connectivity index is 2.05. The molecule has 3 rings (SSSR count). The topological polar surface area (TPSA) is 18.5 Å². The number of ether oxygens (including phenoxy) is 2. The molecule has 5 heteroatoms. The second kappa shape index (κ2) is 10.8. The SMILES string of the molecule is CCC[CH2][Sn]([CH2]CCC)([CH2]CCC)[c]1cccc2c1OC(C)(c1ccc(Cl)cc1F)O2. The molecule has 1 heterocycles. The van der Waals surface area contributed by atoms with E-state index in [-0.39, 0.29) is 0 Å². The monoisotopic (exact) mass is 554 g/mol. The number of rotatable bonds is 11. The van der Waals surface area contributed by atoms with Gasteiger partial charge in [0.2, 0.25) is 0 Å². The van der Waals surface area contributed by atoms with E-state index in [1.165, 1.54) is 61.5 Å². The molecule has 2 aromatic carbocycles. The molecular formula is C26H36ClFO2Sn. The van der Waals surface area contributed by atoms with Crippen LogP contribution in [0.15, 0.2) is 36.4 Å². The first kappa shape index (κ1) is 24.7. The predicted octanol–water partition coefficient (Wildman–Crippen LogP) is 8.18. The van der Waals surface area contributed by atoms with E-state index in [1.807, 2.05) is 13.0 Å². The second-order valence-corrected chi connectivity index (χ2v) is 22.6. The van der Waals surface area contributed by atoms with Crippen LogP contribution in [-0.4, -0.2) is 18.4 Å². The van der Waals surface area contributed by atoms with Gasteiger partial charge in [-0.3, -0.25) is 0 Å². The molecule has 0 saturated heterocycles. The van der Waals surface area contributed by atoms with Gasteiger partial charge in [0.25, 0.3) is 0 Å². The number of unbranched alkanes of at least 4 members (excludes halogenated alkanes) is 3. The van der Waals surface area contributed by atoms with Gasteiger partial charge in [-0.25, -0.2) is 0 Å². The molecule has 0 spiro atoms. The van der Waals surface area contributed by atoms with Crippen molar-refractivity contribution in [3.05, 3.63) is 52.8 Å². The molecule has 1 atom stereocenters. The first-order valence-corrected chi connectivity index (χ1v) is 19.7. The molecular weight excluding hydrogens is 517 g/mol. The van der Waals surface area contributed by atoms with Gasteiger partial charge in [0.15, 0.2) is 0 Å². The molecule has 0 bridgehead atoms. The number of benzene rings is 2. The third-order valence-corrected chi connectivity index (χ3v) is 22.4. The Morgan fingerprint density at radius 2 is 1.52 bits per heavy atom. The summed E-state index contributed by atoms with van der Waals surface area (Å²) in [7, 11) is 0. The summed E-state index contributed by atoms with van der Waals surface area (Å²) in [6, 6.07) is 11.1. The summed E-state index contributed by atoms with van der Waals surface area (Å²) >= 11 is 3.23. The van der Waals surface area contributed by atoms with Crippen LogP contribution in [0.3, 0.4) is 0 Å². The van der Waals surface area contributed by atoms with Gasteiger partial charge < -0.3 is 0 Å². The Morgan fingerprint density at radius 1 is 0.903 bits per heavy atom. The summed E-state index contributed by atoms with van der Waals surface area (Å²) < 4.78 is 33.0. The molecule has 2 aromatic rings. The van der Waals surface area contributed by atoms with E-state index >= 15 is 0 Å². The Morgan fingerprint density at radius 3 is 2.06 bits per heavy atom. The van der Waals surface area contributed by atoms with Gasteiger partial charge in [-0.1, -0.05) is 0 Å². The summed E-state index contributed by atoms with van der Waals surface area (Å²) in [5.41, 5.74) is 0.385. The Labute approximate surface area is 196 Å². The number of hydrogen-bond donors (Lipinski definition) is 0. The van der Waals surface area contributed by atoms with Crippen LogP contribution in [0.4, 0.5) is 4.39 Å². The van der Waals surface area contributed by atoms with Crippen LogP contribution in [0.2, 0.25) is 18.3 Å². The van der Waals surface area contributed by atoms with Crippen molar-refractivity contribution in [2.45, 2.75) is 85.3 Å². The molecule has 1 aliphatic rings. The van der Waals surface area contributed by atoms with Gasteiger partial charge in [-0.2, -0.15) is 0 Å². The standard InChI is InChI=1S/C14H9ClFO2.3C4H9.Sn/c1-14(10-7-6-9(15)8-11(10)16)17-12-4-2-3-5-13(12)18-14;3*1-3-4-2;/h2-4,6-8H,1H3;3*1,3-4H2,2H3;. The van der Waals surface area contributed by atoms with Gasteiger partial charge in [-0.05, 0) is 0 Å². The maximum absolute atomic E-state index is 14.8. The van der Waals surface area contributed by atoms with E-state index in [0.717, 1.165) is 11.5 Å². The van der Waals surface area contributed by atoms with Crippen LogP contribution < -0.4 is 13.1 Å². The Kier molecular flexibility index (Phi) is 8.59. The average Bonchev–Trinajstić information content (AvgIpc) is 3.10. The van der Waals surface area contributed by atoms with Crippen molar-refractivity contribution in [1.29, 1.82) is 0 Å². The number of halogens is 2. The quantitative estimate of drug-likeness (QED) is 0.261. The first-order valence-electron chi connectivity index (χ1n) is 11.9. The van der Waals surface area contributed by atoms with E-state index in [9.17, 15) is 4.39 Å². The van der Waals surface area contributed by atoms with Crippen molar-refractivity contribution in [2.75, 3.05) is 0 Å². The van der Waals surface area contributed by atoms with Crippen molar-refractivity contribution in [1.82, 2.24) is 0 Å².